The van der Waals surface area contributed by atoms with E-state index in [1.54, 1.807) is 13.2 Å². The van der Waals surface area contributed by atoms with Gasteiger partial charge in [-0.25, -0.2) is 4.79 Å². The second kappa shape index (κ2) is 8.80. The summed E-state index contributed by atoms with van der Waals surface area (Å²) in [6.07, 6.45) is 0.769. The van der Waals surface area contributed by atoms with E-state index in [4.69, 9.17) is 9.47 Å². The molecule has 5 heteroatoms. The number of hydrogen-bond acceptors (Lipinski definition) is 3. The minimum atomic E-state index is -0.263. The van der Waals surface area contributed by atoms with Crippen LogP contribution in [0.2, 0.25) is 0 Å². The molecule has 2 N–H and O–H groups in total. The third kappa shape index (κ3) is 5.64. The van der Waals surface area contributed by atoms with Crippen LogP contribution in [0.25, 0.3) is 0 Å². The quantitative estimate of drug-likeness (QED) is 0.761. The number of carbonyl (C=O) groups is 1. The molecular weight excluding hydrogens is 292 g/mol. The van der Waals surface area contributed by atoms with Crippen molar-refractivity contribution >= 4 is 11.7 Å². The molecule has 0 saturated carbocycles. The molecule has 0 atom stereocenters. The van der Waals surface area contributed by atoms with Crippen molar-refractivity contribution in [3.8, 4) is 11.5 Å². The minimum absolute atomic E-state index is 0.263. The first-order chi connectivity index (χ1) is 11.2. The Labute approximate surface area is 136 Å². The normalized spacial score (nSPS) is 10.2. The second-order valence-corrected chi connectivity index (χ2v) is 5.14. The van der Waals surface area contributed by atoms with Gasteiger partial charge >= 0.3 is 6.03 Å². The van der Waals surface area contributed by atoms with Crippen LogP contribution in [0.15, 0.2) is 48.5 Å². The molecule has 2 aromatic rings. The van der Waals surface area contributed by atoms with Gasteiger partial charge < -0.3 is 20.1 Å². The molecule has 122 valence electrons. The van der Waals surface area contributed by atoms with Crippen LogP contribution in [0.4, 0.5) is 10.5 Å². The topological polar surface area (TPSA) is 59.6 Å². The van der Waals surface area contributed by atoms with Gasteiger partial charge in [-0.15, -0.1) is 0 Å². The molecular formula is C18H22N2O3. The summed E-state index contributed by atoms with van der Waals surface area (Å²) in [6, 6.07) is 14.9. The van der Waals surface area contributed by atoms with Crippen molar-refractivity contribution in [3.05, 3.63) is 54.1 Å². The van der Waals surface area contributed by atoms with Crippen molar-refractivity contribution in [3.63, 3.8) is 0 Å². The number of ether oxygens (including phenoxy) is 2. The maximum Gasteiger partial charge on any atom is 0.319 e. The van der Waals surface area contributed by atoms with Crippen LogP contribution >= 0.6 is 0 Å². The van der Waals surface area contributed by atoms with Crippen molar-refractivity contribution in [1.82, 2.24) is 5.32 Å². The average Bonchev–Trinajstić information content (AvgIpc) is 2.53. The lowest BCUT2D eigenvalue weighted by atomic mass is 10.2. The largest absolute Gasteiger partial charge is 0.455 e. The maximum absolute atomic E-state index is 11.9. The molecule has 0 heterocycles. The predicted octanol–water partition coefficient (Wildman–Crippen LogP) is 3.95. The molecule has 2 aromatic carbocycles. The lowest BCUT2D eigenvalue weighted by Gasteiger charge is -2.13. The van der Waals surface area contributed by atoms with Gasteiger partial charge in [0, 0.05) is 20.3 Å². The Hall–Kier alpha value is -2.53. The van der Waals surface area contributed by atoms with E-state index in [2.05, 4.69) is 10.6 Å². The van der Waals surface area contributed by atoms with E-state index in [9.17, 15) is 4.79 Å². The number of methoxy groups -OCH3 is 1. The van der Waals surface area contributed by atoms with Crippen LogP contribution in [0.1, 0.15) is 12.0 Å². The van der Waals surface area contributed by atoms with Crippen molar-refractivity contribution < 1.29 is 14.3 Å². The van der Waals surface area contributed by atoms with Gasteiger partial charge in [0.15, 0.2) is 5.75 Å². The number of benzene rings is 2. The molecule has 0 saturated heterocycles. The Morgan fingerprint density at radius 3 is 2.74 bits per heavy atom. The van der Waals surface area contributed by atoms with Gasteiger partial charge in [0.05, 0.1) is 5.69 Å². The lowest BCUT2D eigenvalue weighted by molar-refractivity contribution is 0.194. The van der Waals surface area contributed by atoms with E-state index in [0.29, 0.717) is 24.6 Å². The molecule has 0 aromatic heterocycles. The molecule has 0 radical (unpaired) electrons. The van der Waals surface area contributed by atoms with Crippen LogP contribution in [0.5, 0.6) is 11.5 Å². The van der Waals surface area contributed by atoms with Crippen LogP contribution in [-0.2, 0) is 4.74 Å². The standard InChI is InChI=1S/C18H22N2O3/c1-14-7-5-8-15(13-14)23-17-10-4-3-9-16(17)20-18(21)19-11-6-12-22-2/h3-5,7-10,13H,6,11-12H2,1-2H3,(H2,19,20,21). The summed E-state index contributed by atoms with van der Waals surface area (Å²) < 4.78 is 10.8. The third-order valence-corrected chi connectivity index (χ3v) is 3.16. The van der Waals surface area contributed by atoms with Gasteiger partial charge in [0.25, 0.3) is 0 Å². The monoisotopic (exact) mass is 314 g/mol. The van der Waals surface area contributed by atoms with E-state index >= 15 is 0 Å². The van der Waals surface area contributed by atoms with Gasteiger partial charge in [-0.05, 0) is 43.2 Å². The molecule has 5 nitrogen and oxygen atoms in total. The van der Waals surface area contributed by atoms with E-state index in [1.165, 1.54) is 0 Å². The number of urea groups is 1. The fourth-order valence-corrected chi connectivity index (χ4v) is 2.05. The Morgan fingerprint density at radius 2 is 1.96 bits per heavy atom. The Balaban J connectivity index is 1.98. The molecule has 0 spiro atoms. The van der Waals surface area contributed by atoms with Crippen molar-refractivity contribution in [1.29, 1.82) is 0 Å². The summed E-state index contributed by atoms with van der Waals surface area (Å²) in [5.74, 6) is 1.34. The highest BCUT2D eigenvalue weighted by atomic mass is 16.5. The van der Waals surface area contributed by atoms with Gasteiger partial charge in [0.1, 0.15) is 5.75 Å². The molecule has 0 aliphatic heterocycles. The van der Waals surface area contributed by atoms with Crippen LogP contribution in [0.3, 0.4) is 0 Å². The fraction of sp³-hybridized carbons (Fsp3) is 0.278. The SMILES string of the molecule is COCCCNC(=O)Nc1ccccc1Oc1cccc(C)c1. The second-order valence-electron chi connectivity index (χ2n) is 5.14. The average molecular weight is 314 g/mol. The summed E-state index contributed by atoms with van der Waals surface area (Å²) in [7, 11) is 1.64. The molecule has 23 heavy (non-hydrogen) atoms. The van der Waals surface area contributed by atoms with E-state index in [-0.39, 0.29) is 6.03 Å². The molecule has 2 amide bonds. The van der Waals surface area contributed by atoms with Crippen molar-refractivity contribution in [2.24, 2.45) is 0 Å². The lowest BCUT2D eigenvalue weighted by Crippen LogP contribution is -2.30. The van der Waals surface area contributed by atoms with E-state index in [1.807, 2.05) is 49.4 Å². The Kier molecular flexibility index (Phi) is 6.44. The molecule has 0 aliphatic carbocycles. The summed E-state index contributed by atoms with van der Waals surface area (Å²) in [6.45, 7) is 3.18. The number of rotatable bonds is 7. The predicted molar refractivity (Wildman–Crippen MR) is 91.2 cm³/mol. The highest BCUT2D eigenvalue weighted by molar-refractivity contribution is 5.90. The maximum atomic E-state index is 11.9. The highest BCUT2D eigenvalue weighted by Gasteiger charge is 2.08. The Morgan fingerprint density at radius 1 is 1.13 bits per heavy atom. The first-order valence-corrected chi connectivity index (χ1v) is 7.56. The summed E-state index contributed by atoms with van der Waals surface area (Å²) in [5, 5.41) is 5.59. The summed E-state index contributed by atoms with van der Waals surface area (Å²) in [4.78, 5) is 11.9. The van der Waals surface area contributed by atoms with Crippen LogP contribution < -0.4 is 15.4 Å². The number of para-hydroxylation sites is 2. The smallest absolute Gasteiger partial charge is 0.319 e. The molecule has 0 aliphatic rings. The molecule has 0 fully saturated rings. The van der Waals surface area contributed by atoms with Gasteiger partial charge in [-0.2, -0.15) is 0 Å². The summed E-state index contributed by atoms with van der Waals surface area (Å²) >= 11 is 0. The summed E-state index contributed by atoms with van der Waals surface area (Å²) in [5.41, 5.74) is 1.74. The van der Waals surface area contributed by atoms with Gasteiger partial charge in [-0.1, -0.05) is 24.3 Å². The number of hydrogen-bond donors (Lipinski definition) is 2. The number of nitrogens with one attached hydrogen (secondary N) is 2. The van der Waals surface area contributed by atoms with Gasteiger partial charge in [-0.3, -0.25) is 0 Å². The zero-order chi connectivity index (χ0) is 16.5. The number of aryl methyl sites for hydroxylation is 1. The molecule has 0 bridgehead atoms. The highest BCUT2D eigenvalue weighted by Crippen LogP contribution is 2.29. The number of amides is 2. The van der Waals surface area contributed by atoms with Crippen LogP contribution in [-0.4, -0.2) is 26.3 Å². The first kappa shape index (κ1) is 16.8. The number of anilines is 1. The fourth-order valence-electron chi connectivity index (χ4n) is 2.05. The van der Waals surface area contributed by atoms with Crippen molar-refractivity contribution in [2.75, 3.05) is 25.6 Å². The zero-order valence-electron chi connectivity index (χ0n) is 13.5. The van der Waals surface area contributed by atoms with Crippen molar-refractivity contribution in [2.45, 2.75) is 13.3 Å². The van der Waals surface area contributed by atoms with E-state index < -0.39 is 0 Å². The van der Waals surface area contributed by atoms with Crippen LogP contribution in [0, 0.1) is 6.92 Å². The minimum Gasteiger partial charge on any atom is -0.455 e. The zero-order valence-corrected chi connectivity index (χ0v) is 13.5. The Bertz CT molecular complexity index is 644. The third-order valence-electron chi connectivity index (χ3n) is 3.16. The van der Waals surface area contributed by atoms with E-state index in [0.717, 1.165) is 17.7 Å². The molecule has 2 rings (SSSR count). The van der Waals surface area contributed by atoms with Gasteiger partial charge in [0.2, 0.25) is 0 Å². The first-order valence-electron chi connectivity index (χ1n) is 7.56. The number of carbonyl (C=O) groups excluding carboxylic acids is 1. The molecule has 0 unspecified atom stereocenters.